The Morgan fingerprint density at radius 1 is 1.07 bits per heavy atom. The summed E-state index contributed by atoms with van der Waals surface area (Å²) in [5.74, 6) is -1.39. The fraction of sp³-hybridized carbons (Fsp3) is 0.250. The summed E-state index contributed by atoms with van der Waals surface area (Å²) < 4.78 is 4.98. The second kappa shape index (κ2) is 9.98. The van der Waals surface area contributed by atoms with Crippen molar-refractivity contribution in [2.75, 3.05) is 24.3 Å². The Labute approximate surface area is 167 Å². The van der Waals surface area contributed by atoms with Crippen LogP contribution in [0.4, 0.5) is 17.1 Å². The summed E-state index contributed by atoms with van der Waals surface area (Å²) in [6, 6.07) is 10.1. The summed E-state index contributed by atoms with van der Waals surface area (Å²) >= 11 is 0. The number of nitro benzene ring substituents is 1. The van der Waals surface area contributed by atoms with Crippen LogP contribution in [0, 0.1) is 10.1 Å². The molecule has 0 spiro atoms. The van der Waals surface area contributed by atoms with E-state index in [1.165, 1.54) is 31.3 Å². The van der Waals surface area contributed by atoms with Gasteiger partial charge in [-0.15, -0.1) is 0 Å². The number of anilines is 2. The Bertz CT molecular complexity index is 924. The largest absolute Gasteiger partial charge is 0.454 e. The van der Waals surface area contributed by atoms with Gasteiger partial charge < -0.3 is 15.4 Å². The highest BCUT2D eigenvalue weighted by atomic mass is 16.6. The molecule has 0 bridgehead atoms. The number of ether oxygens (including phenoxy) is 1. The predicted molar refractivity (Wildman–Crippen MR) is 107 cm³/mol. The first-order chi connectivity index (χ1) is 13.8. The van der Waals surface area contributed by atoms with Crippen molar-refractivity contribution in [3.8, 4) is 0 Å². The van der Waals surface area contributed by atoms with Crippen LogP contribution in [0.3, 0.4) is 0 Å². The molecule has 152 valence electrons. The average Bonchev–Trinajstić information content (AvgIpc) is 2.71. The molecule has 0 fully saturated rings. The molecule has 0 saturated carbocycles. The standard InChI is InChI=1S/C20H21N3O6/c1-3-4-19(25)22-15-8-5-13(6-9-15)18(24)12-29-20(26)14-7-10-16(21-2)17(11-14)23(27)28/h5-11,21H,3-4,12H2,1-2H3,(H,22,25). The number of nitro groups is 1. The number of ketones is 1. The number of rotatable bonds is 9. The number of amides is 1. The van der Waals surface area contributed by atoms with Crippen LogP contribution >= 0.6 is 0 Å². The number of nitrogens with one attached hydrogen (secondary N) is 2. The molecule has 1 amide bonds. The molecule has 2 aromatic carbocycles. The van der Waals surface area contributed by atoms with E-state index in [9.17, 15) is 24.5 Å². The normalized spacial score (nSPS) is 10.1. The number of hydrogen-bond acceptors (Lipinski definition) is 7. The first kappa shape index (κ1) is 21.5. The highest BCUT2D eigenvalue weighted by molar-refractivity contribution is 6.00. The molecule has 29 heavy (non-hydrogen) atoms. The van der Waals surface area contributed by atoms with Crippen molar-refractivity contribution in [3.05, 3.63) is 63.7 Å². The van der Waals surface area contributed by atoms with Gasteiger partial charge in [-0.25, -0.2) is 4.79 Å². The Morgan fingerprint density at radius 3 is 2.31 bits per heavy atom. The third kappa shape index (κ3) is 5.86. The van der Waals surface area contributed by atoms with Crippen LogP contribution in [-0.4, -0.2) is 36.2 Å². The van der Waals surface area contributed by atoms with Crippen molar-refractivity contribution < 1.29 is 24.0 Å². The molecule has 0 aliphatic heterocycles. The minimum atomic E-state index is -0.840. The van der Waals surface area contributed by atoms with E-state index in [0.29, 0.717) is 17.7 Å². The molecule has 0 aliphatic carbocycles. The van der Waals surface area contributed by atoms with E-state index in [-0.39, 0.29) is 22.8 Å². The maximum absolute atomic E-state index is 12.2. The molecule has 0 aromatic heterocycles. The van der Waals surface area contributed by atoms with Gasteiger partial charge in [0, 0.05) is 30.8 Å². The lowest BCUT2D eigenvalue weighted by Crippen LogP contribution is -2.15. The molecule has 9 nitrogen and oxygen atoms in total. The number of Topliss-reactive ketones (excluding diaryl/α,β-unsaturated/α-hetero) is 1. The Hall–Kier alpha value is -3.75. The van der Waals surface area contributed by atoms with Gasteiger partial charge in [0.1, 0.15) is 5.69 Å². The number of carbonyl (C=O) groups is 3. The molecule has 0 aliphatic rings. The lowest BCUT2D eigenvalue weighted by molar-refractivity contribution is -0.384. The summed E-state index contributed by atoms with van der Waals surface area (Å²) in [6.45, 7) is 1.39. The van der Waals surface area contributed by atoms with E-state index >= 15 is 0 Å². The minimum absolute atomic E-state index is 0.0301. The van der Waals surface area contributed by atoms with Gasteiger partial charge in [-0.3, -0.25) is 19.7 Å². The second-order valence-electron chi connectivity index (χ2n) is 6.11. The van der Waals surface area contributed by atoms with Crippen LogP contribution in [0.1, 0.15) is 40.5 Å². The van der Waals surface area contributed by atoms with Crippen molar-refractivity contribution in [1.29, 1.82) is 0 Å². The number of hydrogen-bond donors (Lipinski definition) is 2. The van der Waals surface area contributed by atoms with Gasteiger partial charge in [0.05, 0.1) is 10.5 Å². The van der Waals surface area contributed by atoms with Crippen molar-refractivity contribution in [2.24, 2.45) is 0 Å². The lowest BCUT2D eigenvalue weighted by atomic mass is 10.1. The Balaban J connectivity index is 1.98. The van der Waals surface area contributed by atoms with Gasteiger partial charge in [0.25, 0.3) is 5.69 Å². The van der Waals surface area contributed by atoms with Crippen LogP contribution in [0.2, 0.25) is 0 Å². The molecular weight excluding hydrogens is 378 g/mol. The smallest absolute Gasteiger partial charge is 0.338 e. The van der Waals surface area contributed by atoms with E-state index in [4.69, 9.17) is 4.74 Å². The summed E-state index contributed by atoms with van der Waals surface area (Å²) in [6.07, 6.45) is 1.14. The zero-order chi connectivity index (χ0) is 21.4. The van der Waals surface area contributed by atoms with Crippen molar-refractivity contribution >= 4 is 34.7 Å². The molecule has 0 unspecified atom stereocenters. The summed E-state index contributed by atoms with van der Waals surface area (Å²) in [5.41, 5.74) is 0.831. The average molecular weight is 399 g/mol. The predicted octanol–water partition coefficient (Wildman–Crippen LogP) is 3.41. The number of carbonyl (C=O) groups excluding carboxylic acids is 3. The van der Waals surface area contributed by atoms with Crippen LogP contribution in [-0.2, 0) is 9.53 Å². The molecule has 9 heteroatoms. The summed E-state index contributed by atoms with van der Waals surface area (Å²) in [4.78, 5) is 46.4. The molecule has 2 rings (SSSR count). The maximum Gasteiger partial charge on any atom is 0.338 e. The van der Waals surface area contributed by atoms with E-state index in [0.717, 1.165) is 12.5 Å². The van der Waals surface area contributed by atoms with E-state index < -0.39 is 23.3 Å². The van der Waals surface area contributed by atoms with Gasteiger partial charge in [0.2, 0.25) is 5.91 Å². The molecule has 0 saturated heterocycles. The Morgan fingerprint density at radius 2 is 1.72 bits per heavy atom. The number of nitrogens with zero attached hydrogens (tertiary/aromatic N) is 1. The minimum Gasteiger partial charge on any atom is -0.454 e. The van der Waals surface area contributed by atoms with Gasteiger partial charge in [0.15, 0.2) is 12.4 Å². The first-order valence-electron chi connectivity index (χ1n) is 8.92. The first-order valence-corrected chi connectivity index (χ1v) is 8.92. The van der Waals surface area contributed by atoms with Gasteiger partial charge in [-0.05, 0) is 42.8 Å². The number of esters is 1. The Kier molecular flexibility index (Phi) is 7.41. The summed E-state index contributed by atoms with van der Waals surface area (Å²) in [7, 11) is 1.53. The van der Waals surface area contributed by atoms with Crippen LogP contribution < -0.4 is 10.6 Å². The maximum atomic E-state index is 12.2. The SMILES string of the molecule is CCCC(=O)Nc1ccc(C(=O)COC(=O)c2ccc(NC)c([N+](=O)[O-])c2)cc1. The van der Waals surface area contributed by atoms with Gasteiger partial charge >= 0.3 is 5.97 Å². The third-order valence-electron chi connectivity index (χ3n) is 4.00. The van der Waals surface area contributed by atoms with Crippen molar-refractivity contribution in [1.82, 2.24) is 0 Å². The highest BCUT2D eigenvalue weighted by Crippen LogP contribution is 2.25. The van der Waals surface area contributed by atoms with E-state index in [1.807, 2.05) is 6.92 Å². The van der Waals surface area contributed by atoms with Crippen LogP contribution in [0.15, 0.2) is 42.5 Å². The monoisotopic (exact) mass is 399 g/mol. The molecule has 2 aromatic rings. The van der Waals surface area contributed by atoms with Crippen LogP contribution in [0.25, 0.3) is 0 Å². The highest BCUT2D eigenvalue weighted by Gasteiger charge is 2.18. The number of benzene rings is 2. The topological polar surface area (TPSA) is 128 Å². The fourth-order valence-corrected chi connectivity index (χ4v) is 2.51. The van der Waals surface area contributed by atoms with Gasteiger partial charge in [-0.2, -0.15) is 0 Å². The van der Waals surface area contributed by atoms with Crippen LogP contribution in [0.5, 0.6) is 0 Å². The quantitative estimate of drug-likeness (QED) is 0.286. The fourth-order valence-electron chi connectivity index (χ4n) is 2.51. The van der Waals surface area contributed by atoms with Gasteiger partial charge in [-0.1, -0.05) is 6.92 Å². The molecule has 0 radical (unpaired) electrons. The zero-order valence-electron chi connectivity index (χ0n) is 16.1. The molecule has 2 N–H and O–H groups in total. The van der Waals surface area contributed by atoms with E-state index in [1.54, 1.807) is 12.1 Å². The second-order valence-corrected chi connectivity index (χ2v) is 6.11. The van der Waals surface area contributed by atoms with Crippen molar-refractivity contribution in [3.63, 3.8) is 0 Å². The zero-order valence-corrected chi connectivity index (χ0v) is 16.1. The molecule has 0 heterocycles. The van der Waals surface area contributed by atoms with Crippen molar-refractivity contribution in [2.45, 2.75) is 19.8 Å². The van der Waals surface area contributed by atoms with E-state index in [2.05, 4.69) is 10.6 Å². The third-order valence-corrected chi connectivity index (χ3v) is 4.00. The molecule has 0 atom stereocenters. The summed E-state index contributed by atoms with van der Waals surface area (Å²) in [5, 5.41) is 16.4. The lowest BCUT2D eigenvalue weighted by Gasteiger charge is -2.08. The molecular formula is C20H21N3O6.